The summed E-state index contributed by atoms with van der Waals surface area (Å²) in [5.74, 6) is 0.814. The highest BCUT2D eigenvalue weighted by Gasteiger charge is 2.02. The van der Waals surface area contributed by atoms with Crippen molar-refractivity contribution in [2.75, 3.05) is 7.11 Å². The molecule has 0 atom stereocenters. The topological polar surface area (TPSA) is 50.7 Å². The molecule has 0 aliphatic carbocycles. The summed E-state index contributed by atoms with van der Waals surface area (Å²) in [6.07, 6.45) is 7.41. The number of hydrogen-bond donors (Lipinski definition) is 1. The van der Waals surface area contributed by atoms with Crippen LogP contribution < -0.4 is 10.2 Å². The predicted octanol–water partition coefficient (Wildman–Crippen LogP) is 4.14. The van der Waals surface area contributed by atoms with Crippen LogP contribution in [0.4, 0.5) is 0 Å². The SMILES string of the molecule is COc1ccc(CCCC(=O)N/N=C/C=C/c2ccccc2)cc1C. The average molecular weight is 336 g/mol. The lowest BCUT2D eigenvalue weighted by Crippen LogP contribution is -2.16. The molecule has 2 aromatic carbocycles. The third-order valence-corrected chi connectivity index (χ3v) is 3.77. The molecule has 0 saturated carbocycles. The standard InChI is InChI=1S/C21H24N2O2/c1-17-16-19(13-14-20(17)25-2)10-6-12-21(24)23-22-15-7-11-18-8-4-3-5-9-18/h3-5,7-9,11,13-16H,6,10,12H2,1-2H3,(H,23,24)/b11-7+,22-15+. The number of methoxy groups -OCH3 is 1. The minimum Gasteiger partial charge on any atom is -0.496 e. The van der Waals surface area contributed by atoms with Crippen LogP contribution in [0.3, 0.4) is 0 Å². The van der Waals surface area contributed by atoms with E-state index >= 15 is 0 Å². The van der Waals surface area contributed by atoms with Gasteiger partial charge in [-0.05, 0) is 48.6 Å². The Morgan fingerprint density at radius 3 is 2.72 bits per heavy atom. The van der Waals surface area contributed by atoms with Gasteiger partial charge in [0.1, 0.15) is 5.75 Å². The fourth-order valence-corrected chi connectivity index (χ4v) is 2.48. The van der Waals surface area contributed by atoms with Crippen LogP contribution in [0.25, 0.3) is 6.08 Å². The maximum absolute atomic E-state index is 11.8. The molecule has 0 aromatic heterocycles. The Kier molecular flexibility index (Phi) is 7.44. The van der Waals surface area contributed by atoms with Gasteiger partial charge in [0.05, 0.1) is 7.11 Å². The molecular weight excluding hydrogens is 312 g/mol. The molecular formula is C21H24N2O2. The van der Waals surface area contributed by atoms with Gasteiger partial charge < -0.3 is 4.74 Å². The van der Waals surface area contributed by atoms with Crippen molar-refractivity contribution in [2.24, 2.45) is 5.10 Å². The van der Waals surface area contributed by atoms with Gasteiger partial charge in [-0.2, -0.15) is 5.10 Å². The Morgan fingerprint density at radius 2 is 2.00 bits per heavy atom. The fourth-order valence-electron chi connectivity index (χ4n) is 2.48. The number of carbonyl (C=O) groups is 1. The Morgan fingerprint density at radius 1 is 1.20 bits per heavy atom. The molecule has 1 N–H and O–H groups in total. The first-order valence-electron chi connectivity index (χ1n) is 8.36. The predicted molar refractivity (Wildman–Crippen MR) is 103 cm³/mol. The first-order valence-corrected chi connectivity index (χ1v) is 8.36. The van der Waals surface area contributed by atoms with E-state index in [4.69, 9.17) is 4.74 Å². The monoisotopic (exact) mass is 336 g/mol. The number of amides is 1. The minimum atomic E-state index is -0.0744. The number of nitrogens with zero attached hydrogens (tertiary/aromatic N) is 1. The molecule has 4 nitrogen and oxygen atoms in total. The highest BCUT2D eigenvalue weighted by Crippen LogP contribution is 2.19. The number of allylic oxidation sites excluding steroid dienone is 1. The Hall–Kier alpha value is -2.88. The molecule has 2 aromatic rings. The van der Waals surface area contributed by atoms with E-state index in [2.05, 4.69) is 16.6 Å². The summed E-state index contributed by atoms with van der Waals surface area (Å²) in [7, 11) is 1.67. The summed E-state index contributed by atoms with van der Waals surface area (Å²) in [4.78, 5) is 11.8. The zero-order valence-corrected chi connectivity index (χ0v) is 14.7. The number of benzene rings is 2. The molecule has 2 rings (SSSR count). The summed E-state index contributed by atoms with van der Waals surface area (Å²) in [6, 6.07) is 16.0. The van der Waals surface area contributed by atoms with Crippen molar-refractivity contribution in [3.63, 3.8) is 0 Å². The summed E-state index contributed by atoms with van der Waals surface area (Å²) in [6.45, 7) is 2.02. The molecule has 4 heteroatoms. The van der Waals surface area contributed by atoms with E-state index in [-0.39, 0.29) is 5.91 Å². The quantitative estimate of drug-likeness (QED) is 0.582. The van der Waals surface area contributed by atoms with Gasteiger partial charge in [0.25, 0.3) is 0 Å². The maximum atomic E-state index is 11.8. The summed E-state index contributed by atoms with van der Waals surface area (Å²) in [5.41, 5.74) is 5.96. The van der Waals surface area contributed by atoms with E-state index < -0.39 is 0 Å². The molecule has 0 bridgehead atoms. The van der Waals surface area contributed by atoms with Crippen LogP contribution in [0.15, 0.2) is 59.7 Å². The zero-order chi connectivity index (χ0) is 17.9. The molecule has 0 aliphatic rings. The lowest BCUT2D eigenvalue weighted by Gasteiger charge is -2.07. The zero-order valence-electron chi connectivity index (χ0n) is 14.7. The highest BCUT2D eigenvalue weighted by molar-refractivity contribution is 5.81. The van der Waals surface area contributed by atoms with Crippen LogP contribution in [-0.4, -0.2) is 19.2 Å². The lowest BCUT2D eigenvalue weighted by molar-refractivity contribution is -0.121. The van der Waals surface area contributed by atoms with Crippen LogP contribution in [0.5, 0.6) is 5.75 Å². The number of carbonyl (C=O) groups excluding carboxylic acids is 1. The maximum Gasteiger partial charge on any atom is 0.240 e. The Balaban J connectivity index is 1.68. The first kappa shape index (κ1) is 18.5. The molecule has 0 saturated heterocycles. The number of hydrazone groups is 1. The van der Waals surface area contributed by atoms with Crippen molar-refractivity contribution >= 4 is 18.2 Å². The molecule has 0 fully saturated rings. The molecule has 0 radical (unpaired) electrons. The second kappa shape index (κ2) is 10.1. The Bertz CT molecular complexity index is 737. The highest BCUT2D eigenvalue weighted by atomic mass is 16.5. The van der Waals surface area contributed by atoms with Crippen LogP contribution in [0.2, 0.25) is 0 Å². The fraction of sp³-hybridized carbons (Fsp3) is 0.238. The van der Waals surface area contributed by atoms with E-state index in [9.17, 15) is 4.79 Å². The van der Waals surface area contributed by atoms with Gasteiger partial charge in [-0.15, -0.1) is 0 Å². The second-order valence-electron chi connectivity index (χ2n) is 5.74. The molecule has 25 heavy (non-hydrogen) atoms. The van der Waals surface area contributed by atoms with Gasteiger partial charge >= 0.3 is 0 Å². The van der Waals surface area contributed by atoms with Crippen LogP contribution >= 0.6 is 0 Å². The summed E-state index contributed by atoms with van der Waals surface area (Å²) >= 11 is 0. The molecule has 0 spiro atoms. The third kappa shape index (κ3) is 6.63. The van der Waals surface area contributed by atoms with Crippen molar-refractivity contribution in [3.05, 3.63) is 71.3 Å². The molecule has 0 aliphatic heterocycles. The van der Waals surface area contributed by atoms with Gasteiger partial charge in [-0.25, -0.2) is 5.43 Å². The van der Waals surface area contributed by atoms with E-state index in [1.807, 2.05) is 55.5 Å². The van der Waals surface area contributed by atoms with E-state index in [1.54, 1.807) is 19.4 Å². The largest absolute Gasteiger partial charge is 0.496 e. The van der Waals surface area contributed by atoms with Crippen LogP contribution in [0, 0.1) is 6.92 Å². The van der Waals surface area contributed by atoms with Crippen molar-refractivity contribution in [1.29, 1.82) is 0 Å². The van der Waals surface area contributed by atoms with E-state index in [1.165, 1.54) is 5.56 Å². The van der Waals surface area contributed by atoms with E-state index in [0.717, 1.165) is 29.7 Å². The minimum absolute atomic E-state index is 0.0744. The van der Waals surface area contributed by atoms with Gasteiger partial charge in [0.2, 0.25) is 5.91 Å². The van der Waals surface area contributed by atoms with Gasteiger partial charge in [0, 0.05) is 12.6 Å². The molecule has 130 valence electrons. The third-order valence-electron chi connectivity index (χ3n) is 3.77. The van der Waals surface area contributed by atoms with Crippen molar-refractivity contribution in [1.82, 2.24) is 5.43 Å². The molecule has 0 unspecified atom stereocenters. The first-order chi connectivity index (χ1) is 12.2. The van der Waals surface area contributed by atoms with E-state index in [0.29, 0.717) is 6.42 Å². The van der Waals surface area contributed by atoms with Crippen molar-refractivity contribution < 1.29 is 9.53 Å². The number of hydrogen-bond acceptors (Lipinski definition) is 3. The molecule has 0 heterocycles. The Labute approximate surface area is 149 Å². The van der Waals surface area contributed by atoms with Gasteiger partial charge in [-0.3, -0.25) is 4.79 Å². The van der Waals surface area contributed by atoms with Gasteiger partial charge in [-0.1, -0.05) is 48.5 Å². The smallest absolute Gasteiger partial charge is 0.240 e. The van der Waals surface area contributed by atoms with Crippen molar-refractivity contribution in [3.8, 4) is 5.75 Å². The average Bonchev–Trinajstić information content (AvgIpc) is 2.62. The van der Waals surface area contributed by atoms with Crippen LogP contribution in [0.1, 0.15) is 29.5 Å². The van der Waals surface area contributed by atoms with Crippen molar-refractivity contribution in [2.45, 2.75) is 26.2 Å². The summed E-state index contributed by atoms with van der Waals surface area (Å²) < 4.78 is 5.25. The number of rotatable bonds is 8. The molecule has 1 amide bonds. The van der Waals surface area contributed by atoms with Gasteiger partial charge in [0.15, 0.2) is 0 Å². The number of ether oxygens (including phenoxy) is 1. The number of aryl methyl sites for hydroxylation is 2. The lowest BCUT2D eigenvalue weighted by atomic mass is 10.1. The second-order valence-corrected chi connectivity index (χ2v) is 5.74. The summed E-state index contributed by atoms with van der Waals surface area (Å²) in [5, 5.41) is 3.92. The normalized spacial score (nSPS) is 11.1. The van der Waals surface area contributed by atoms with Crippen LogP contribution in [-0.2, 0) is 11.2 Å². The number of nitrogens with one attached hydrogen (secondary N) is 1.